The van der Waals surface area contributed by atoms with E-state index < -0.39 is 0 Å². The van der Waals surface area contributed by atoms with Crippen molar-refractivity contribution in [3.63, 3.8) is 0 Å². The first-order valence-electron chi connectivity index (χ1n) is 11.8. The number of aromatic nitrogens is 2. The lowest BCUT2D eigenvalue weighted by Crippen LogP contribution is -2.41. The molecule has 0 aromatic carbocycles. The first-order chi connectivity index (χ1) is 14.7. The molecule has 5 rings (SSSR count). The molecule has 1 atom stereocenters. The molecule has 3 fully saturated rings. The van der Waals surface area contributed by atoms with E-state index in [1.807, 2.05) is 4.90 Å². The minimum atomic E-state index is 0.0550. The fourth-order valence-corrected chi connectivity index (χ4v) is 5.70. The minimum absolute atomic E-state index is 0.0550. The van der Waals surface area contributed by atoms with Crippen LogP contribution in [0.1, 0.15) is 60.3 Å². The van der Waals surface area contributed by atoms with Crippen molar-refractivity contribution in [2.75, 3.05) is 39.4 Å². The van der Waals surface area contributed by atoms with Gasteiger partial charge in [0.15, 0.2) is 5.69 Å². The van der Waals surface area contributed by atoms with E-state index in [0.717, 1.165) is 48.4 Å². The summed E-state index contributed by atoms with van der Waals surface area (Å²) >= 11 is 0. The third kappa shape index (κ3) is 3.87. The average molecular weight is 411 g/mol. The fourth-order valence-electron chi connectivity index (χ4n) is 5.70. The van der Waals surface area contributed by atoms with Crippen molar-refractivity contribution in [3.8, 4) is 0 Å². The van der Waals surface area contributed by atoms with Gasteiger partial charge in [0, 0.05) is 32.4 Å². The summed E-state index contributed by atoms with van der Waals surface area (Å²) in [6.07, 6.45) is 10.4. The van der Waals surface area contributed by atoms with Crippen LogP contribution in [-0.4, -0.2) is 64.5 Å². The molecule has 2 aromatic rings. The van der Waals surface area contributed by atoms with E-state index in [-0.39, 0.29) is 5.91 Å². The monoisotopic (exact) mass is 410 g/mol. The lowest BCUT2D eigenvalue weighted by atomic mass is 9.80. The first kappa shape index (κ1) is 20.0. The SMILES string of the molecule is Cc1cccn2c(CN3CCC(C4CCCCC4)C3)c(C(=O)N3CCOCC3)nc12. The highest BCUT2D eigenvalue weighted by molar-refractivity contribution is 5.94. The Bertz CT molecular complexity index is 896. The zero-order chi connectivity index (χ0) is 20.5. The molecule has 6 nitrogen and oxygen atoms in total. The zero-order valence-electron chi connectivity index (χ0n) is 18.2. The van der Waals surface area contributed by atoms with Gasteiger partial charge in [-0.05, 0) is 43.4 Å². The highest BCUT2D eigenvalue weighted by Gasteiger charge is 2.32. The molecule has 2 aromatic heterocycles. The molecule has 1 aliphatic carbocycles. The number of pyridine rings is 1. The van der Waals surface area contributed by atoms with Gasteiger partial charge in [0.1, 0.15) is 5.65 Å². The molecule has 1 unspecified atom stereocenters. The van der Waals surface area contributed by atoms with Gasteiger partial charge < -0.3 is 14.0 Å². The molecule has 1 amide bonds. The molecule has 0 radical (unpaired) electrons. The number of hydrogen-bond acceptors (Lipinski definition) is 4. The van der Waals surface area contributed by atoms with Crippen LogP contribution in [0.3, 0.4) is 0 Å². The van der Waals surface area contributed by atoms with E-state index in [0.29, 0.717) is 32.0 Å². The number of aryl methyl sites for hydroxylation is 1. The van der Waals surface area contributed by atoms with Gasteiger partial charge in [0.25, 0.3) is 5.91 Å². The van der Waals surface area contributed by atoms with Crippen molar-refractivity contribution in [1.82, 2.24) is 19.2 Å². The van der Waals surface area contributed by atoms with Gasteiger partial charge in [-0.2, -0.15) is 0 Å². The van der Waals surface area contributed by atoms with Crippen LogP contribution in [0.15, 0.2) is 18.3 Å². The third-order valence-electron chi connectivity index (χ3n) is 7.44. The van der Waals surface area contributed by atoms with Gasteiger partial charge in [-0.25, -0.2) is 4.98 Å². The Hall–Kier alpha value is -1.92. The minimum Gasteiger partial charge on any atom is -0.378 e. The Balaban J connectivity index is 1.40. The van der Waals surface area contributed by atoms with Gasteiger partial charge in [-0.3, -0.25) is 9.69 Å². The Labute approximate surface area is 179 Å². The molecule has 162 valence electrons. The molecular weight excluding hydrogens is 376 g/mol. The summed E-state index contributed by atoms with van der Waals surface area (Å²) < 4.78 is 7.59. The summed E-state index contributed by atoms with van der Waals surface area (Å²) in [5.41, 5.74) is 3.70. The van der Waals surface area contributed by atoms with Crippen molar-refractivity contribution in [2.45, 2.75) is 52.0 Å². The maximum absolute atomic E-state index is 13.4. The number of nitrogens with zero attached hydrogens (tertiary/aromatic N) is 4. The van der Waals surface area contributed by atoms with Crippen molar-refractivity contribution in [2.24, 2.45) is 11.8 Å². The molecule has 0 N–H and O–H groups in total. The number of amides is 1. The second-order valence-electron chi connectivity index (χ2n) is 9.38. The van der Waals surface area contributed by atoms with Crippen LogP contribution in [0.25, 0.3) is 5.65 Å². The van der Waals surface area contributed by atoms with Gasteiger partial charge in [0.05, 0.1) is 18.9 Å². The van der Waals surface area contributed by atoms with Crippen LogP contribution in [0, 0.1) is 18.8 Å². The van der Waals surface area contributed by atoms with Crippen molar-refractivity contribution >= 4 is 11.6 Å². The Morgan fingerprint density at radius 1 is 1.10 bits per heavy atom. The molecular formula is C24H34N4O2. The predicted molar refractivity (Wildman–Crippen MR) is 117 cm³/mol. The lowest BCUT2D eigenvalue weighted by Gasteiger charge is -2.28. The summed E-state index contributed by atoms with van der Waals surface area (Å²) in [6, 6.07) is 4.13. The number of fused-ring (bicyclic) bond motifs is 1. The van der Waals surface area contributed by atoms with Gasteiger partial charge in [0.2, 0.25) is 0 Å². The van der Waals surface area contributed by atoms with Crippen LogP contribution in [0.2, 0.25) is 0 Å². The van der Waals surface area contributed by atoms with Crippen molar-refractivity contribution in [3.05, 3.63) is 35.3 Å². The Morgan fingerprint density at radius 2 is 1.90 bits per heavy atom. The highest BCUT2D eigenvalue weighted by Crippen LogP contribution is 2.35. The topological polar surface area (TPSA) is 50.1 Å². The summed E-state index contributed by atoms with van der Waals surface area (Å²) in [4.78, 5) is 22.7. The molecule has 2 saturated heterocycles. The number of imidazole rings is 1. The van der Waals surface area contributed by atoms with E-state index in [2.05, 4.69) is 34.6 Å². The molecule has 2 aliphatic heterocycles. The quantitative estimate of drug-likeness (QED) is 0.774. The second kappa shape index (κ2) is 8.67. The van der Waals surface area contributed by atoms with E-state index in [4.69, 9.17) is 9.72 Å². The van der Waals surface area contributed by atoms with Crippen LogP contribution < -0.4 is 0 Å². The fraction of sp³-hybridized carbons (Fsp3) is 0.667. The summed E-state index contributed by atoms with van der Waals surface area (Å²) in [6.45, 7) is 7.70. The molecule has 4 heterocycles. The number of carbonyl (C=O) groups excluding carboxylic acids is 1. The van der Waals surface area contributed by atoms with E-state index in [1.54, 1.807) is 0 Å². The number of rotatable bonds is 4. The number of morpholine rings is 1. The average Bonchev–Trinajstić information content (AvgIpc) is 3.41. The van der Waals surface area contributed by atoms with Gasteiger partial charge in [-0.1, -0.05) is 38.2 Å². The van der Waals surface area contributed by atoms with Crippen molar-refractivity contribution in [1.29, 1.82) is 0 Å². The second-order valence-corrected chi connectivity index (χ2v) is 9.38. The summed E-state index contributed by atoms with van der Waals surface area (Å²) in [5, 5.41) is 0. The normalized spacial score (nSPS) is 24.0. The van der Waals surface area contributed by atoms with E-state index in [1.165, 1.54) is 38.5 Å². The zero-order valence-corrected chi connectivity index (χ0v) is 18.2. The number of hydrogen-bond donors (Lipinski definition) is 0. The van der Waals surface area contributed by atoms with Crippen LogP contribution >= 0.6 is 0 Å². The first-order valence-corrected chi connectivity index (χ1v) is 11.8. The maximum Gasteiger partial charge on any atom is 0.274 e. The third-order valence-corrected chi connectivity index (χ3v) is 7.44. The van der Waals surface area contributed by atoms with Crippen LogP contribution in [0.5, 0.6) is 0 Å². The van der Waals surface area contributed by atoms with Crippen molar-refractivity contribution < 1.29 is 9.53 Å². The molecule has 6 heteroatoms. The predicted octanol–water partition coefficient (Wildman–Crippen LogP) is 3.52. The Kier molecular flexibility index (Phi) is 5.79. The van der Waals surface area contributed by atoms with Gasteiger partial charge in [-0.15, -0.1) is 0 Å². The summed E-state index contributed by atoms with van der Waals surface area (Å²) in [7, 11) is 0. The Morgan fingerprint density at radius 3 is 2.70 bits per heavy atom. The molecule has 3 aliphatic rings. The molecule has 0 spiro atoms. The largest absolute Gasteiger partial charge is 0.378 e. The van der Waals surface area contributed by atoms with E-state index >= 15 is 0 Å². The van der Waals surface area contributed by atoms with E-state index in [9.17, 15) is 4.79 Å². The van der Waals surface area contributed by atoms with Gasteiger partial charge >= 0.3 is 0 Å². The highest BCUT2D eigenvalue weighted by atomic mass is 16.5. The van der Waals surface area contributed by atoms with Crippen LogP contribution in [0.4, 0.5) is 0 Å². The smallest absolute Gasteiger partial charge is 0.274 e. The summed E-state index contributed by atoms with van der Waals surface area (Å²) in [5.74, 6) is 1.78. The van der Waals surface area contributed by atoms with Crippen LogP contribution in [-0.2, 0) is 11.3 Å². The molecule has 30 heavy (non-hydrogen) atoms. The number of likely N-dealkylation sites (tertiary alicyclic amines) is 1. The number of carbonyl (C=O) groups is 1. The molecule has 0 bridgehead atoms. The lowest BCUT2D eigenvalue weighted by molar-refractivity contribution is 0.0298. The standard InChI is InChI=1S/C24H34N4O2/c1-18-6-5-10-28-21(17-26-11-9-20(16-26)19-7-3-2-4-8-19)22(25-23(18)28)24(29)27-12-14-30-15-13-27/h5-6,10,19-20H,2-4,7-9,11-17H2,1H3. The number of ether oxygens (including phenoxy) is 1. The molecule has 1 saturated carbocycles. The maximum atomic E-state index is 13.4.